The molecule has 0 bridgehead atoms. The second-order valence-electron chi connectivity index (χ2n) is 5.77. The first-order chi connectivity index (χ1) is 10.2. The molecule has 23 heavy (non-hydrogen) atoms. The van der Waals surface area contributed by atoms with E-state index in [4.69, 9.17) is 5.73 Å². The molecule has 0 saturated carbocycles. The minimum Gasteiger partial charge on any atom is -0.465 e. The van der Waals surface area contributed by atoms with Crippen LogP contribution in [0.15, 0.2) is 23.1 Å². The summed E-state index contributed by atoms with van der Waals surface area (Å²) in [6, 6.07) is 2.97. The SMILES string of the molecule is COC(=O)c1cc(F)cc(S(=O)(=O)N2CCC(C)(CN)C2)c1.Cl. The molecule has 0 amide bonds. The summed E-state index contributed by atoms with van der Waals surface area (Å²) in [4.78, 5) is 11.2. The highest BCUT2D eigenvalue weighted by Gasteiger charge is 2.39. The smallest absolute Gasteiger partial charge is 0.337 e. The van der Waals surface area contributed by atoms with Crippen molar-refractivity contribution in [2.24, 2.45) is 11.1 Å². The first-order valence-corrected chi connectivity index (χ1v) is 8.25. The van der Waals surface area contributed by atoms with E-state index in [1.54, 1.807) is 0 Å². The lowest BCUT2D eigenvalue weighted by molar-refractivity contribution is 0.0600. The number of ether oxygens (including phenoxy) is 1. The number of hydrogen-bond acceptors (Lipinski definition) is 5. The Bertz CT molecular complexity index is 698. The van der Waals surface area contributed by atoms with E-state index in [-0.39, 0.29) is 34.8 Å². The molecular weight excluding hydrogens is 347 g/mol. The second-order valence-corrected chi connectivity index (χ2v) is 7.71. The average Bonchev–Trinajstić information content (AvgIpc) is 2.89. The van der Waals surface area contributed by atoms with Gasteiger partial charge >= 0.3 is 5.97 Å². The Morgan fingerprint density at radius 1 is 1.43 bits per heavy atom. The van der Waals surface area contributed by atoms with Crippen LogP contribution in [0.5, 0.6) is 0 Å². The van der Waals surface area contributed by atoms with E-state index in [0.29, 0.717) is 19.5 Å². The van der Waals surface area contributed by atoms with Gasteiger partial charge in [-0.3, -0.25) is 0 Å². The van der Waals surface area contributed by atoms with Crippen LogP contribution in [0, 0.1) is 11.2 Å². The molecule has 1 aromatic rings. The van der Waals surface area contributed by atoms with Crippen LogP contribution in [-0.2, 0) is 14.8 Å². The van der Waals surface area contributed by atoms with Gasteiger partial charge in [0.05, 0.1) is 17.6 Å². The minimum absolute atomic E-state index is 0. The van der Waals surface area contributed by atoms with Crippen molar-refractivity contribution in [2.75, 3.05) is 26.7 Å². The highest BCUT2D eigenvalue weighted by molar-refractivity contribution is 7.89. The molecule has 1 saturated heterocycles. The van der Waals surface area contributed by atoms with Crippen LogP contribution in [-0.4, -0.2) is 45.4 Å². The van der Waals surface area contributed by atoms with Crippen molar-refractivity contribution in [1.82, 2.24) is 4.31 Å². The number of carbonyl (C=O) groups is 1. The maximum atomic E-state index is 13.6. The molecule has 0 radical (unpaired) electrons. The zero-order chi connectivity index (χ0) is 16.5. The van der Waals surface area contributed by atoms with Crippen LogP contribution in [0.25, 0.3) is 0 Å². The predicted octanol–water partition coefficient (Wildman–Crippen LogP) is 1.39. The summed E-state index contributed by atoms with van der Waals surface area (Å²) in [7, 11) is -2.73. The van der Waals surface area contributed by atoms with Gasteiger partial charge in [-0.05, 0) is 36.6 Å². The molecular formula is C14H20ClFN2O4S. The van der Waals surface area contributed by atoms with Crippen LogP contribution in [0.3, 0.4) is 0 Å². The average molecular weight is 367 g/mol. The Kier molecular flexibility index (Phi) is 6.14. The predicted molar refractivity (Wildman–Crippen MR) is 85.5 cm³/mol. The lowest BCUT2D eigenvalue weighted by Gasteiger charge is -2.22. The number of sulfonamides is 1. The van der Waals surface area contributed by atoms with Crippen molar-refractivity contribution < 1.29 is 22.3 Å². The molecule has 130 valence electrons. The molecule has 1 heterocycles. The summed E-state index contributed by atoms with van der Waals surface area (Å²) >= 11 is 0. The molecule has 0 aliphatic carbocycles. The summed E-state index contributed by atoms with van der Waals surface area (Å²) in [5.41, 5.74) is 5.25. The number of halogens is 2. The second kappa shape index (κ2) is 7.12. The van der Waals surface area contributed by atoms with E-state index in [1.807, 2.05) is 6.92 Å². The molecule has 1 unspecified atom stereocenters. The van der Waals surface area contributed by atoms with Gasteiger partial charge in [-0.2, -0.15) is 4.31 Å². The summed E-state index contributed by atoms with van der Waals surface area (Å²) in [6.07, 6.45) is 0.641. The van der Waals surface area contributed by atoms with Crippen LogP contribution in [0.2, 0.25) is 0 Å². The molecule has 1 atom stereocenters. The lowest BCUT2D eigenvalue weighted by Crippen LogP contribution is -2.34. The van der Waals surface area contributed by atoms with Crippen molar-refractivity contribution in [3.63, 3.8) is 0 Å². The van der Waals surface area contributed by atoms with E-state index in [9.17, 15) is 17.6 Å². The van der Waals surface area contributed by atoms with Gasteiger partial charge in [0.25, 0.3) is 0 Å². The summed E-state index contributed by atoms with van der Waals surface area (Å²) < 4.78 is 44.7. The van der Waals surface area contributed by atoms with Gasteiger partial charge in [0, 0.05) is 13.1 Å². The van der Waals surface area contributed by atoms with Gasteiger partial charge in [-0.1, -0.05) is 6.92 Å². The Labute approximate surface area is 141 Å². The van der Waals surface area contributed by atoms with E-state index >= 15 is 0 Å². The fourth-order valence-corrected chi connectivity index (χ4v) is 4.10. The van der Waals surface area contributed by atoms with Crippen molar-refractivity contribution in [3.8, 4) is 0 Å². The molecule has 2 rings (SSSR count). The van der Waals surface area contributed by atoms with Gasteiger partial charge in [0.1, 0.15) is 5.82 Å². The Balaban J connectivity index is 0.00000264. The molecule has 1 aliphatic rings. The Hall–Kier alpha value is -1.22. The number of carbonyl (C=O) groups excluding carboxylic acids is 1. The molecule has 0 aromatic heterocycles. The largest absolute Gasteiger partial charge is 0.465 e. The van der Waals surface area contributed by atoms with Crippen molar-refractivity contribution in [3.05, 3.63) is 29.6 Å². The molecule has 9 heteroatoms. The fraction of sp³-hybridized carbons (Fsp3) is 0.500. The number of methoxy groups -OCH3 is 1. The lowest BCUT2D eigenvalue weighted by atomic mass is 9.90. The summed E-state index contributed by atoms with van der Waals surface area (Å²) in [5, 5.41) is 0. The molecule has 6 nitrogen and oxygen atoms in total. The summed E-state index contributed by atoms with van der Waals surface area (Å²) in [6.45, 7) is 2.87. The normalized spacial score (nSPS) is 21.7. The third-order valence-corrected chi connectivity index (χ3v) is 5.77. The first-order valence-electron chi connectivity index (χ1n) is 6.81. The van der Waals surface area contributed by atoms with Crippen LogP contribution in [0.1, 0.15) is 23.7 Å². The number of hydrogen-bond donors (Lipinski definition) is 1. The molecule has 1 aromatic carbocycles. The summed E-state index contributed by atoms with van der Waals surface area (Å²) in [5.74, 6) is -1.59. The van der Waals surface area contributed by atoms with E-state index < -0.39 is 21.8 Å². The monoisotopic (exact) mass is 366 g/mol. The molecule has 1 fully saturated rings. The Morgan fingerprint density at radius 2 is 2.09 bits per heavy atom. The number of esters is 1. The molecule has 1 aliphatic heterocycles. The third kappa shape index (κ3) is 4.00. The first kappa shape index (κ1) is 19.8. The van der Waals surface area contributed by atoms with Crippen LogP contribution >= 0.6 is 12.4 Å². The number of nitrogens with two attached hydrogens (primary N) is 1. The highest BCUT2D eigenvalue weighted by atomic mass is 35.5. The van der Waals surface area contributed by atoms with Crippen LogP contribution in [0.4, 0.5) is 4.39 Å². The molecule has 0 spiro atoms. The van der Waals surface area contributed by atoms with Gasteiger partial charge in [0.15, 0.2) is 0 Å². The third-order valence-electron chi connectivity index (χ3n) is 3.95. The van der Waals surface area contributed by atoms with Crippen LogP contribution < -0.4 is 5.73 Å². The topological polar surface area (TPSA) is 89.7 Å². The van der Waals surface area contributed by atoms with Gasteiger partial charge in [-0.25, -0.2) is 17.6 Å². The number of nitrogens with zero attached hydrogens (tertiary/aromatic N) is 1. The van der Waals surface area contributed by atoms with Crippen molar-refractivity contribution in [2.45, 2.75) is 18.2 Å². The van der Waals surface area contributed by atoms with E-state index in [2.05, 4.69) is 4.74 Å². The van der Waals surface area contributed by atoms with Gasteiger partial charge < -0.3 is 10.5 Å². The highest BCUT2D eigenvalue weighted by Crippen LogP contribution is 2.32. The zero-order valence-electron chi connectivity index (χ0n) is 12.9. The maximum absolute atomic E-state index is 13.6. The quantitative estimate of drug-likeness (QED) is 0.813. The zero-order valence-corrected chi connectivity index (χ0v) is 14.5. The Morgan fingerprint density at radius 3 is 2.61 bits per heavy atom. The van der Waals surface area contributed by atoms with Crippen molar-refractivity contribution in [1.29, 1.82) is 0 Å². The van der Waals surface area contributed by atoms with Gasteiger partial charge in [-0.15, -0.1) is 12.4 Å². The van der Waals surface area contributed by atoms with Crippen molar-refractivity contribution >= 4 is 28.4 Å². The minimum atomic E-state index is -3.88. The van der Waals surface area contributed by atoms with Gasteiger partial charge in [0.2, 0.25) is 10.0 Å². The van der Waals surface area contributed by atoms with E-state index in [1.165, 1.54) is 4.31 Å². The maximum Gasteiger partial charge on any atom is 0.337 e. The molecule has 2 N–H and O–H groups in total. The number of rotatable bonds is 4. The fourth-order valence-electron chi connectivity index (χ4n) is 2.45. The standard InChI is InChI=1S/C14H19FN2O4S.ClH/c1-14(8-16)3-4-17(9-14)22(19,20)12-6-10(13(18)21-2)5-11(15)7-12;/h5-7H,3-4,8-9,16H2,1-2H3;1H. The van der Waals surface area contributed by atoms with E-state index in [0.717, 1.165) is 25.3 Å². The number of benzene rings is 1.